The average Bonchev–Trinajstić information content (AvgIpc) is 3.31. The van der Waals surface area contributed by atoms with Crippen molar-refractivity contribution in [2.75, 3.05) is 4.90 Å². The first kappa shape index (κ1) is 31.1. The van der Waals surface area contributed by atoms with Crippen molar-refractivity contribution in [1.82, 2.24) is 0 Å². The maximum absolute atomic E-state index is 2.58. The van der Waals surface area contributed by atoms with E-state index in [0.717, 1.165) is 11.8 Å². The number of fused-ring (bicyclic) bond motifs is 3. The van der Waals surface area contributed by atoms with E-state index in [9.17, 15) is 0 Å². The summed E-state index contributed by atoms with van der Waals surface area (Å²) in [7, 11) is 0. The third kappa shape index (κ3) is 6.62. The topological polar surface area (TPSA) is 3.24 Å². The Balaban J connectivity index is 1.71. The van der Waals surface area contributed by atoms with Crippen LogP contribution in [0.2, 0.25) is 0 Å². The Morgan fingerprint density at radius 2 is 1.09 bits per heavy atom. The lowest BCUT2D eigenvalue weighted by Crippen LogP contribution is -2.31. The summed E-state index contributed by atoms with van der Waals surface area (Å²) >= 11 is 0. The summed E-state index contributed by atoms with van der Waals surface area (Å²) in [5.74, 6) is 1.46. The van der Waals surface area contributed by atoms with E-state index in [4.69, 9.17) is 0 Å². The van der Waals surface area contributed by atoms with E-state index in [1.54, 1.807) is 11.1 Å². The predicted octanol–water partition coefficient (Wildman–Crippen LogP) is 12.9. The number of hydrogen-bond acceptors (Lipinski definition) is 1. The van der Waals surface area contributed by atoms with Gasteiger partial charge in [0, 0.05) is 22.5 Å². The van der Waals surface area contributed by atoms with Gasteiger partial charge in [-0.3, -0.25) is 0 Å². The fraction of sp³-hybridized carbons (Fsp3) is 0.429. The molecule has 43 heavy (non-hydrogen) atoms. The van der Waals surface area contributed by atoms with Crippen LogP contribution in [-0.4, -0.2) is 0 Å². The third-order valence-corrected chi connectivity index (χ3v) is 10.2. The molecule has 4 aromatic rings. The average molecular weight is 572 g/mol. The first-order chi connectivity index (χ1) is 21.0. The Morgan fingerprint density at radius 3 is 1.70 bits per heavy atom. The van der Waals surface area contributed by atoms with Crippen LogP contribution in [0, 0.1) is 18.8 Å². The van der Waals surface area contributed by atoms with Crippen LogP contribution in [0.15, 0.2) is 97.1 Å². The quantitative estimate of drug-likeness (QED) is 0.137. The minimum atomic E-state index is 0.0421. The van der Waals surface area contributed by atoms with Crippen LogP contribution >= 0.6 is 0 Å². The van der Waals surface area contributed by atoms with Gasteiger partial charge in [0.25, 0.3) is 0 Å². The van der Waals surface area contributed by atoms with E-state index >= 15 is 0 Å². The van der Waals surface area contributed by atoms with Crippen molar-refractivity contribution in [3.05, 3.63) is 114 Å². The highest BCUT2D eigenvalue weighted by atomic mass is 15.1. The first-order valence-electron chi connectivity index (χ1n) is 17.2. The minimum Gasteiger partial charge on any atom is -0.310 e. The fourth-order valence-corrected chi connectivity index (χ4v) is 7.70. The van der Waals surface area contributed by atoms with Crippen LogP contribution in [0.3, 0.4) is 0 Å². The smallest absolute Gasteiger partial charge is 0.0465 e. The van der Waals surface area contributed by atoms with Gasteiger partial charge in [-0.05, 0) is 90.3 Å². The summed E-state index contributed by atoms with van der Waals surface area (Å²) in [5, 5.41) is 0. The number of hydrogen-bond donors (Lipinski definition) is 0. The maximum Gasteiger partial charge on any atom is 0.0465 e. The van der Waals surface area contributed by atoms with Gasteiger partial charge in [-0.15, -0.1) is 0 Å². The van der Waals surface area contributed by atoms with Gasteiger partial charge in [0.2, 0.25) is 0 Å². The summed E-state index contributed by atoms with van der Waals surface area (Å²) in [4.78, 5) is 2.45. The predicted molar refractivity (Wildman–Crippen MR) is 188 cm³/mol. The normalized spacial score (nSPS) is 16.9. The minimum absolute atomic E-state index is 0.0421. The van der Waals surface area contributed by atoms with Crippen molar-refractivity contribution in [1.29, 1.82) is 0 Å². The Morgan fingerprint density at radius 1 is 0.558 bits per heavy atom. The highest BCUT2D eigenvalue weighted by Crippen LogP contribution is 2.57. The number of aryl methyl sites for hydroxylation is 1. The molecule has 2 unspecified atom stereocenters. The van der Waals surface area contributed by atoms with Crippen LogP contribution < -0.4 is 4.90 Å². The summed E-state index contributed by atoms with van der Waals surface area (Å²) < 4.78 is 0. The Labute approximate surface area is 262 Å². The summed E-state index contributed by atoms with van der Waals surface area (Å²) in [6.45, 7) is 11.7. The lowest BCUT2D eigenvalue weighted by molar-refractivity contribution is 0.266. The monoisotopic (exact) mass is 571 g/mol. The number of unbranched alkanes of at least 4 members (excludes halogenated alkanes) is 2. The molecule has 0 saturated heterocycles. The molecule has 0 fully saturated rings. The molecule has 2 atom stereocenters. The van der Waals surface area contributed by atoms with E-state index in [1.807, 2.05) is 0 Å². The number of rotatable bonds is 15. The molecule has 1 aliphatic rings. The molecule has 4 aromatic carbocycles. The van der Waals surface area contributed by atoms with Gasteiger partial charge in [0.05, 0.1) is 0 Å². The van der Waals surface area contributed by atoms with Crippen LogP contribution in [0.4, 0.5) is 17.1 Å². The molecule has 0 aliphatic heterocycles. The second-order valence-corrected chi connectivity index (χ2v) is 13.1. The number of anilines is 3. The van der Waals surface area contributed by atoms with Crippen molar-refractivity contribution in [2.45, 2.75) is 104 Å². The van der Waals surface area contributed by atoms with Crippen molar-refractivity contribution in [3.8, 4) is 11.1 Å². The molecule has 0 amide bonds. The van der Waals surface area contributed by atoms with E-state index in [2.05, 4.69) is 137 Å². The molecule has 0 heterocycles. The molecular formula is C42H53N. The van der Waals surface area contributed by atoms with Crippen molar-refractivity contribution >= 4 is 17.1 Å². The van der Waals surface area contributed by atoms with Gasteiger partial charge in [-0.25, -0.2) is 0 Å². The van der Waals surface area contributed by atoms with E-state index in [0.29, 0.717) is 0 Å². The number of nitrogens with zero attached hydrogens (tertiary/aromatic N) is 1. The summed E-state index contributed by atoms with van der Waals surface area (Å²) in [6.07, 6.45) is 12.9. The Bertz CT molecular complexity index is 1420. The molecule has 0 N–H and O–H groups in total. The van der Waals surface area contributed by atoms with Crippen molar-refractivity contribution < 1.29 is 0 Å². The Kier molecular flexibility index (Phi) is 10.4. The van der Waals surface area contributed by atoms with Crippen LogP contribution in [-0.2, 0) is 5.41 Å². The molecule has 0 spiro atoms. The zero-order chi connectivity index (χ0) is 30.2. The first-order valence-corrected chi connectivity index (χ1v) is 17.2. The fourth-order valence-electron chi connectivity index (χ4n) is 7.70. The van der Waals surface area contributed by atoms with Crippen molar-refractivity contribution in [2.24, 2.45) is 11.8 Å². The second-order valence-electron chi connectivity index (χ2n) is 13.1. The summed E-state index contributed by atoms with van der Waals surface area (Å²) in [6, 6.07) is 36.7. The van der Waals surface area contributed by atoms with Crippen LogP contribution in [0.1, 0.15) is 109 Å². The molecule has 1 heteroatoms. The van der Waals surface area contributed by atoms with E-state index in [1.165, 1.54) is 98.0 Å². The van der Waals surface area contributed by atoms with Gasteiger partial charge in [-0.1, -0.05) is 145 Å². The second kappa shape index (κ2) is 14.4. The van der Waals surface area contributed by atoms with Gasteiger partial charge in [0.15, 0.2) is 0 Å². The third-order valence-electron chi connectivity index (χ3n) is 10.2. The highest BCUT2D eigenvalue weighted by Gasteiger charge is 2.45. The zero-order valence-electron chi connectivity index (χ0n) is 27.4. The SMILES string of the molecule is CCCCC(CC)CC1(CC(CC)CCCC)c2ccccc2-c2ccc(N(c3ccccc3)c3ccc(C)cc3)cc21. The highest BCUT2D eigenvalue weighted by molar-refractivity contribution is 5.85. The molecule has 1 nitrogen and oxygen atoms in total. The number of para-hydroxylation sites is 1. The zero-order valence-corrected chi connectivity index (χ0v) is 27.4. The van der Waals surface area contributed by atoms with Gasteiger partial charge >= 0.3 is 0 Å². The van der Waals surface area contributed by atoms with E-state index < -0.39 is 0 Å². The van der Waals surface area contributed by atoms with Crippen molar-refractivity contribution in [3.63, 3.8) is 0 Å². The maximum atomic E-state index is 2.58. The standard InChI is InChI=1S/C42H53N/c1-6-10-17-33(8-3)30-42(31-34(9-4)18-11-7-2)40-22-16-15-21-38(40)39-28-27-37(29-41(39)42)43(35-19-13-12-14-20-35)36-25-23-32(5)24-26-36/h12-16,19-29,33-34H,6-11,17-18,30-31H2,1-5H3. The molecule has 0 bridgehead atoms. The molecule has 0 aromatic heterocycles. The van der Waals surface area contributed by atoms with Gasteiger partial charge in [0.1, 0.15) is 0 Å². The lowest BCUT2D eigenvalue weighted by Gasteiger charge is -2.39. The van der Waals surface area contributed by atoms with E-state index in [-0.39, 0.29) is 5.41 Å². The van der Waals surface area contributed by atoms with Gasteiger partial charge < -0.3 is 4.90 Å². The lowest BCUT2D eigenvalue weighted by atomic mass is 9.65. The summed E-state index contributed by atoms with van der Waals surface area (Å²) in [5.41, 5.74) is 11.1. The van der Waals surface area contributed by atoms with Gasteiger partial charge in [-0.2, -0.15) is 0 Å². The molecule has 0 saturated carbocycles. The largest absolute Gasteiger partial charge is 0.310 e. The number of benzene rings is 4. The molecular weight excluding hydrogens is 518 g/mol. The van der Waals surface area contributed by atoms with Crippen LogP contribution in [0.25, 0.3) is 11.1 Å². The molecule has 1 aliphatic carbocycles. The Hall–Kier alpha value is -3.32. The van der Waals surface area contributed by atoms with Crippen LogP contribution in [0.5, 0.6) is 0 Å². The molecule has 5 rings (SSSR count). The molecule has 0 radical (unpaired) electrons. The molecule has 226 valence electrons.